The number of allylic oxidation sites excluding steroid dienone is 1. The maximum Gasteiger partial charge on any atom is 0.249 e. The quantitative estimate of drug-likeness (QED) is 0.382. The van der Waals surface area contributed by atoms with Crippen LogP contribution in [0.2, 0.25) is 0 Å². The molecule has 0 unspecified atom stereocenters. The third-order valence-corrected chi connectivity index (χ3v) is 0.469. The van der Waals surface area contributed by atoms with Crippen LogP contribution < -0.4 is 0 Å². The standard InChI is InChI=1S/C3H5Cl.C2N2O2S/c1-3(2)4;5-1-3-7-4-2-6/h1H2,2H3;. The minimum absolute atomic E-state index is 0.456. The van der Waals surface area contributed by atoms with Crippen LogP contribution in [0.1, 0.15) is 6.92 Å². The Morgan fingerprint density at radius 1 is 1.45 bits per heavy atom. The summed E-state index contributed by atoms with van der Waals surface area (Å²) in [7, 11) is 0. The van der Waals surface area contributed by atoms with Crippen LogP contribution in [0.15, 0.2) is 20.4 Å². The van der Waals surface area contributed by atoms with Crippen molar-refractivity contribution in [3.8, 4) is 0 Å². The van der Waals surface area contributed by atoms with E-state index in [4.69, 9.17) is 11.6 Å². The molecular weight excluding hydrogens is 188 g/mol. The van der Waals surface area contributed by atoms with E-state index in [0.29, 0.717) is 17.2 Å². The lowest BCUT2D eigenvalue weighted by Gasteiger charge is -1.61. The smallest absolute Gasteiger partial charge is 0.210 e. The Labute approximate surface area is 73.3 Å². The number of hydrogen-bond donors (Lipinski definition) is 0. The lowest BCUT2D eigenvalue weighted by Crippen LogP contribution is -1.43. The van der Waals surface area contributed by atoms with Crippen LogP contribution in [0.4, 0.5) is 0 Å². The molecule has 0 saturated heterocycles. The van der Waals surface area contributed by atoms with E-state index in [9.17, 15) is 9.59 Å². The molecule has 60 valence electrons. The van der Waals surface area contributed by atoms with E-state index in [-0.39, 0.29) is 0 Å². The van der Waals surface area contributed by atoms with Gasteiger partial charge in [-0.25, -0.2) is 9.59 Å². The summed E-state index contributed by atoms with van der Waals surface area (Å²) in [5.41, 5.74) is 0. The minimum Gasteiger partial charge on any atom is -0.210 e. The summed E-state index contributed by atoms with van der Waals surface area (Å²) in [6.07, 6.45) is 2.34. The van der Waals surface area contributed by atoms with Gasteiger partial charge < -0.3 is 0 Å². The Hall–Kier alpha value is -0.860. The molecule has 0 heterocycles. The van der Waals surface area contributed by atoms with Crippen molar-refractivity contribution in [2.75, 3.05) is 0 Å². The molecule has 0 fully saturated rings. The molecule has 4 nitrogen and oxygen atoms in total. The van der Waals surface area contributed by atoms with Crippen LogP contribution in [0.5, 0.6) is 0 Å². The topological polar surface area (TPSA) is 58.9 Å². The highest BCUT2D eigenvalue weighted by Gasteiger charge is 1.66. The molecule has 0 aliphatic heterocycles. The molecule has 0 saturated carbocycles. The predicted molar refractivity (Wildman–Crippen MR) is 44.5 cm³/mol. The summed E-state index contributed by atoms with van der Waals surface area (Å²) >= 11 is 5.54. The van der Waals surface area contributed by atoms with Gasteiger partial charge in [0.05, 0.1) is 0 Å². The number of hydrogen-bond acceptors (Lipinski definition) is 5. The highest BCUT2D eigenvalue weighted by atomic mass is 35.5. The highest BCUT2D eigenvalue weighted by Crippen LogP contribution is 1.96. The maximum atomic E-state index is 9.18. The van der Waals surface area contributed by atoms with Crippen molar-refractivity contribution in [2.45, 2.75) is 6.92 Å². The van der Waals surface area contributed by atoms with Gasteiger partial charge in [-0.1, -0.05) is 18.2 Å². The Balaban J connectivity index is 0. The van der Waals surface area contributed by atoms with Gasteiger partial charge in [0.2, 0.25) is 12.2 Å². The predicted octanol–water partition coefficient (Wildman–Crippen LogP) is 1.98. The van der Waals surface area contributed by atoms with E-state index in [1.54, 1.807) is 6.92 Å². The fourth-order valence-electron chi connectivity index (χ4n) is 0.0537. The first-order valence-corrected chi connectivity index (χ1v) is 3.37. The van der Waals surface area contributed by atoms with Crippen LogP contribution in [-0.2, 0) is 9.59 Å². The monoisotopic (exact) mass is 192 g/mol. The largest absolute Gasteiger partial charge is 0.249 e. The average Bonchev–Trinajstić information content (AvgIpc) is 1.88. The van der Waals surface area contributed by atoms with Gasteiger partial charge in [0.25, 0.3) is 0 Å². The van der Waals surface area contributed by atoms with Crippen molar-refractivity contribution in [3.05, 3.63) is 11.6 Å². The van der Waals surface area contributed by atoms with E-state index >= 15 is 0 Å². The lowest BCUT2D eigenvalue weighted by atomic mass is 10.8. The second-order valence-corrected chi connectivity index (χ2v) is 2.30. The minimum atomic E-state index is 0.456. The first-order valence-electron chi connectivity index (χ1n) is 2.26. The molecule has 0 bridgehead atoms. The number of isocyanates is 2. The van der Waals surface area contributed by atoms with E-state index in [0.717, 1.165) is 0 Å². The number of carbonyl (C=O) groups excluding carboxylic acids is 2. The molecule has 0 atom stereocenters. The van der Waals surface area contributed by atoms with Crippen molar-refractivity contribution >= 4 is 35.9 Å². The van der Waals surface area contributed by atoms with Crippen LogP contribution in [-0.4, -0.2) is 12.2 Å². The molecular formula is C5H5ClN2O2S. The fraction of sp³-hybridized carbons (Fsp3) is 0.200. The molecule has 6 heteroatoms. The van der Waals surface area contributed by atoms with Crippen molar-refractivity contribution in [1.82, 2.24) is 0 Å². The summed E-state index contributed by atoms with van der Waals surface area (Å²) < 4.78 is 5.69. The average molecular weight is 193 g/mol. The molecule has 0 aromatic rings. The summed E-state index contributed by atoms with van der Waals surface area (Å²) in [5.74, 6) is 0. The van der Waals surface area contributed by atoms with Crippen LogP contribution in [0.25, 0.3) is 0 Å². The maximum absolute atomic E-state index is 9.18. The van der Waals surface area contributed by atoms with Gasteiger partial charge in [0.15, 0.2) is 0 Å². The molecule has 0 rings (SSSR count). The van der Waals surface area contributed by atoms with E-state index in [1.807, 2.05) is 0 Å². The summed E-state index contributed by atoms with van der Waals surface area (Å²) in [6, 6.07) is 0. The Morgan fingerprint density at radius 3 is 1.91 bits per heavy atom. The SMILES string of the molecule is C=C(C)Cl.O=C=NSN=C=O. The Kier molecular flexibility index (Phi) is 13.8. The zero-order chi connectivity index (χ0) is 9.11. The van der Waals surface area contributed by atoms with E-state index < -0.39 is 0 Å². The van der Waals surface area contributed by atoms with Crippen molar-refractivity contribution in [1.29, 1.82) is 0 Å². The molecule has 0 aromatic heterocycles. The van der Waals surface area contributed by atoms with Crippen LogP contribution in [0, 0.1) is 0 Å². The zero-order valence-electron chi connectivity index (χ0n) is 5.70. The number of rotatable bonds is 2. The Bertz CT molecular complexity index is 187. The molecule has 0 spiro atoms. The third-order valence-electron chi connectivity index (χ3n) is 0.156. The molecule has 11 heavy (non-hydrogen) atoms. The Morgan fingerprint density at radius 2 is 1.73 bits per heavy atom. The van der Waals surface area contributed by atoms with Crippen molar-refractivity contribution in [2.24, 2.45) is 8.80 Å². The van der Waals surface area contributed by atoms with Gasteiger partial charge >= 0.3 is 0 Å². The van der Waals surface area contributed by atoms with Crippen LogP contribution in [0.3, 0.4) is 0 Å². The highest BCUT2D eigenvalue weighted by molar-refractivity contribution is 7.96. The summed E-state index contributed by atoms with van der Waals surface area (Å²) in [6.45, 7) is 5.06. The second-order valence-electron chi connectivity index (χ2n) is 1.12. The van der Waals surface area contributed by atoms with Gasteiger partial charge in [0, 0.05) is 5.03 Å². The molecule has 0 aliphatic carbocycles. The van der Waals surface area contributed by atoms with Gasteiger partial charge in [-0.05, 0) is 6.92 Å². The number of nitrogens with zero attached hydrogens (tertiary/aromatic N) is 2. The molecule has 0 radical (unpaired) electrons. The van der Waals surface area contributed by atoms with Gasteiger partial charge in [0.1, 0.15) is 12.1 Å². The summed E-state index contributed by atoms with van der Waals surface area (Å²) in [4.78, 5) is 18.4. The number of halogens is 1. The van der Waals surface area contributed by atoms with Crippen LogP contribution >= 0.6 is 23.7 Å². The van der Waals surface area contributed by atoms with Crippen molar-refractivity contribution < 1.29 is 9.59 Å². The normalized spacial score (nSPS) is 6.00. The fourth-order valence-corrected chi connectivity index (χ4v) is 0.161. The molecule has 0 aliphatic rings. The lowest BCUT2D eigenvalue weighted by molar-refractivity contribution is 0.566. The van der Waals surface area contributed by atoms with E-state index in [2.05, 4.69) is 15.4 Å². The third kappa shape index (κ3) is 47.3. The van der Waals surface area contributed by atoms with E-state index in [1.165, 1.54) is 12.2 Å². The summed E-state index contributed by atoms with van der Waals surface area (Å²) in [5, 5.41) is 0.639. The molecule has 0 aromatic carbocycles. The molecule has 0 N–H and O–H groups in total. The van der Waals surface area contributed by atoms with Crippen molar-refractivity contribution in [3.63, 3.8) is 0 Å². The van der Waals surface area contributed by atoms with Gasteiger partial charge in [-0.15, -0.1) is 8.80 Å². The molecule has 0 amide bonds. The second kappa shape index (κ2) is 11.9. The zero-order valence-corrected chi connectivity index (χ0v) is 7.28. The first-order chi connectivity index (χ1) is 5.15. The van der Waals surface area contributed by atoms with Gasteiger partial charge in [-0.3, -0.25) is 0 Å². The van der Waals surface area contributed by atoms with Gasteiger partial charge in [-0.2, -0.15) is 0 Å². The first kappa shape index (κ1) is 12.8.